The van der Waals surface area contributed by atoms with Crippen molar-refractivity contribution in [1.29, 1.82) is 0 Å². The van der Waals surface area contributed by atoms with E-state index in [1.165, 1.54) is 19.1 Å². The quantitative estimate of drug-likeness (QED) is 0.602. The summed E-state index contributed by atoms with van der Waals surface area (Å²) in [7, 11) is -4.15. The third-order valence-electron chi connectivity index (χ3n) is 3.63. The number of nitrogens with zero attached hydrogens (tertiary/aromatic N) is 1. The Balaban J connectivity index is 2.02. The van der Waals surface area contributed by atoms with Crippen LogP contribution in [0.25, 0.3) is 0 Å². The Bertz CT molecular complexity index is 879. The van der Waals surface area contributed by atoms with Gasteiger partial charge in [-0.05, 0) is 30.9 Å². The minimum atomic E-state index is -4.15. The van der Waals surface area contributed by atoms with Crippen molar-refractivity contribution in [3.63, 3.8) is 0 Å². The lowest BCUT2D eigenvalue weighted by Crippen LogP contribution is -2.31. The molecule has 0 saturated carbocycles. The Hall–Kier alpha value is -2.74. The van der Waals surface area contributed by atoms with E-state index in [2.05, 4.69) is 0 Å². The van der Waals surface area contributed by atoms with Gasteiger partial charge in [0.05, 0.1) is 9.82 Å². The van der Waals surface area contributed by atoms with Crippen LogP contribution in [0.15, 0.2) is 53.4 Å². The van der Waals surface area contributed by atoms with Crippen molar-refractivity contribution in [2.45, 2.75) is 31.1 Å². The van der Waals surface area contributed by atoms with Crippen molar-refractivity contribution < 1.29 is 18.1 Å². The van der Waals surface area contributed by atoms with Crippen LogP contribution in [0.2, 0.25) is 0 Å². The maximum absolute atomic E-state index is 12.3. The van der Waals surface area contributed by atoms with Crippen LogP contribution < -0.4 is 4.72 Å². The molecular formula is C17H18N2O5S. The van der Waals surface area contributed by atoms with Gasteiger partial charge in [0.25, 0.3) is 15.7 Å². The van der Waals surface area contributed by atoms with Gasteiger partial charge in [0.15, 0.2) is 0 Å². The van der Waals surface area contributed by atoms with Crippen molar-refractivity contribution in [3.05, 3.63) is 69.8 Å². The Morgan fingerprint density at radius 3 is 2.48 bits per heavy atom. The number of non-ortho nitro benzene ring substituents is 1. The molecule has 1 N–H and O–H groups in total. The van der Waals surface area contributed by atoms with Crippen molar-refractivity contribution >= 4 is 21.6 Å². The SMILES string of the molecule is Cc1ccc([N+](=O)[O-])cc1S(=O)(=O)NC(=O)CCCc1ccccc1. The molecule has 0 saturated heterocycles. The summed E-state index contributed by atoms with van der Waals surface area (Å²) in [4.78, 5) is 21.8. The second-order valence-electron chi connectivity index (χ2n) is 5.57. The van der Waals surface area contributed by atoms with Crippen molar-refractivity contribution in [1.82, 2.24) is 4.72 Å². The molecule has 0 atom stereocenters. The smallest absolute Gasteiger partial charge is 0.270 e. The highest BCUT2D eigenvalue weighted by molar-refractivity contribution is 7.90. The molecule has 2 aromatic carbocycles. The van der Waals surface area contributed by atoms with E-state index >= 15 is 0 Å². The average molecular weight is 362 g/mol. The Labute approximate surface area is 145 Å². The highest BCUT2D eigenvalue weighted by Crippen LogP contribution is 2.21. The van der Waals surface area contributed by atoms with Gasteiger partial charge in [0, 0.05) is 18.6 Å². The molecule has 0 aromatic heterocycles. The Morgan fingerprint density at radius 1 is 1.16 bits per heavy atom. The summed E-state index contributed by atoms with van der Waals surface area (Å²) in [5, 5.41) is 10.8. The molecule has 2 rings (SSSR count). The zero-order valence-corrected chi connectivity index (χ0v) is 14.5. The number of nitro groups is 1. The summed E-state index contributed by atoms with van der Waals surface area (Å²) in [5.41, 5.74) is 1.05. The Morgan fingerprint density at radius 2 is 1.84 bits per heavy atom. The third-order valence-corrected chi connectivity index (χ3v) is 5.15. The van der Waals surface area contributed by atoms with Crippen LogP contribution in [0.5, 0.6) is 0 Å². The molecule has 0 heterocycles. The van der Waals surface area contributed by atoms with E-state index < -0.39 is 20.9 Å². The summed E-state index contributed by atoms with van der Waals surface area (Å²) >= 11 is 0. The second kappa shape index (κ2) is 7.89. The van der Waals surface area contributed by atoms with E-state index in [0.29, 0.717) is 18.4 Å². The van der Waals surface area contributed by atoms with Crippen LogP contribution in [-0.4, -0.2) is 19.2 Å². The number of hydrogen-bond donors (Lipinski definition) is 1. The fourth-order valence-corrected chi connectivity index (χ4v) is 3.63. The lowest BCUT2D eigenvalue weighted by atomic mass is 10.1. The first-order chi connectivity index (χ1) is 11.8. The molecule has 0 aliphatic rings. The van der Waals surface area contributed by atoms with E-state index in [1.54, 1.807) is 0 Å². The number of nitrogens with one attached hydrogen (secondary N) is 1. The lowest BCUT2D eigenvalue weighted by molar-refractivity contribution is -0.385. The predicted molar refractivity (Wildman–Crippen MR) is 92.5 cm³/mol. The van der Waals surface area contributed by atoms with Crippen LogP contribution in [-0.2, 0) is 21.2 Å². The van der Waals surface area contributed by atoms with Crippen molar-refractivity contribution in [3.8, 4) is 0 Å². The molecule has 8 heteroatoms. The Kier molecular flexibility index (Phi) is 5.87. The van der Waals surface area contributed by atoms with Crippen LogP contribution in [0.1, 0.15) is 24.0 Å². The minimum Gasteiger partial charge on any atom is -0.274 e. The molecule has 0 aliphatic heterocycles. The largest absolute Gasteiger partial charge is 0.274 e. The van der Waals surface area contributed by atoms with Gasteiger partial charge in [-0.1, -0.05) is 36.4 Å². The summed E-state index contributed by atoms with van der Waals surface area (Å²) in [6.07, 6.45) is 1.20. The highest BCUT2D eigenvalue weighted by Gasteiger charge is 2.22. The molecule has 1 amide bonds. The summed E-state index contributed by atoms with van der Waals surface area (Å²) in [5.74, 6) is -0.637. The van der Waals surface area contributed by atoms with E-state index in [9.17, 15) is 23.3 Å². The van der Waals surface area contributed by atoms with Gasteiger partial charge in [-0.2, -0.15) is 0 Å². The van der Waals surface area contributed by atoms with E-state index in [4.69, 9.17) is 0 Å². The molecule has 7 nitrogen and oxygen atoms in total. The first-order valence-corrected chi connectivity index (χ1v) is 9.12. The predicted octanol–water partition coefficient (Wildman–Crippen LogP) is 2.73. The average Bonchev–Trinajstić information content (AvgIpc) is 2.55. The number of amides is 1. The number of sulfonamides is 1. The molecular weight excluding hydrogens is 344 g/mol. The zero-order chi connectivity index (χ0) is 18.4. The van der Waals surface area contributed by atoms with Crippen LogP contribution >= 0.6 is 0 Å². The van der Waals surface area contributed by atoms with Crippen molar-refractivity contribution in [2.24, 2.45) is 0 Å². The fraction of sp³-hybridized carbons (Fsp3) is 0.235. The van der Waals surface area contributed by atoms with Gasteiger partial charge < -0.3 is 0 Å². The van der Waals surface area contributed by atoms with Crippen LogP contribution in [0.3, 0.4) is 0 Å². The normalized spacial score (nSPS) is 11.1. The number of carbonyl (C=O) groups excluding carboxylic acids is 1. The van der Waals surface area contributed by atoms with Gasteiger partial charge in [-0.15, -0.1) is 0 Å². The summed E-state index contributed by atoms with van der Waals surface area (Å²) < 4.78 is 26.6. The number of benzene rings is 2. The number of nitro benzene ring substituents is 1. The molecule has 2 aromatic rings. The molecule has 132 valence electrons. The number of hydrogen-bond acceptors (Lipinski definition) is 5. The molecule has 0 aliphatic carbocycles. The molecule has 0 bridgehead atoms. The summed E-state index contributed by atoms with van der Waals surface area (Å²) in [6.45, 7) is 1.51. The fourth-order valence-electron chi connectivity index (χ4n) is 2.35. The maximum atomic E-state index is 12.3. The van der Waals surface area contributed by atoms with Crippen molar-refractivity contribution in [2.75, 3.05) is 0 Å². The molecule has 0 radical (unpaired) electrons. The van der Waals surface area contributed by atoms with Gasteiger partial charge in [0.1, 0.15) is 0 Å². The van der Waals surface area contributed by atoms with E-state index in [0.717, 1.165) is 11.6 Å². The molecule has 25 heavy (non-hydrogen) atoms. The maximum Gasteiger partial charge on any atom is 0.270 e. The number of carbonyl (C=O) groups is 1. The number of rotatable bonds is 7. The highest BCUT2D eigenvalue weighted by atomic mass is 32.2. The monoisotopic (exact) mass is 362 g/mol. The van der Waals surface area contributed by atoms with Gasteiger partial charge in [0.2, 0.25) is 5.91 Å². The first-order valence-electron chi connectivity index (χ1n) is 7.64. The van der Waals surface area contributed by atoms with E-state index in [1.807, 2.05) is 35.1 Å². The lowest BCUT2D eigenvalue weighted by Gasteiger charge is -2.09. The molecule has 0 unspecified atom stereocenters. The molecule has 0 fully saturated rings. The first kappa shape index (κ1) is 18.6. The van der Waals surface area contributed by atoms with Gasteiger partial charge >= 0.3 is 0 Å². The minimum absolute atomic E-state index is 0.0437. The standard InChI is InChI=1S/C17H18N2O5S/c1-13-10-11-15(19(21)22)12-16(13)25(23,24)18-17(20)9-5-8-14-6-3-2-4-7-14/h2-4,6-7,10-12H,5,8-9H2,1H3,(H,18,20). The third kappa shape index (κ3) is 5.12. The van der Waals surface area contributed by atoms with Gasteiger partial charge in [-0.3, -0.25) is 14.9 Å². The summed E-state index contributed by atoms with van der Waals surface area (Å²) in [6, 6.07) is 13.1. The van der Waals surface area contributed by atoms with E-state index in [-0.39, 0.29) is 17.0 Å². The van der Waals surface area contributed by atoms with Crippen LogP contribution in [0, 0.1) is 17.0 Å². The van der Waals surface area contributed by atoms with Crippen LogP contribution in [0.4, 0.5) is 5.69 Å². The van der Waals surface area contributed by atoms with Gasteiger partial charge in [-0.25, -0.2) is 13.1 Å². The molecule has 0 spiro atoms. The number of aryl methyl sites for hydroxylation is 2. The second-order valence-corrected chi connectivity index (χ2v) is 7.23. The topological polar surface area (TPSA) is 106 Å². The zero-order valence-electron chi connectivity index (χ0n) is 13.6.